The Labute approximate surface area is 264 Å². The minimum atomic E-state index is -0.384. The van der Waals surface area contributed by atoms with E-state index in [0.717, 1.165) is 17.2 Å². The molecule has 1 heterocycles. The molecule has 1 atom stereocenters. The van der Waals surface area contributed by atoms with E-state index in [9.17, 15) is 19.2 Å². The van der Waals surface area contributed by atoms with Gasteiger partial charge in [-0.25, -0.2) is 4.79 Å². The molecular formula is C36H53N3O5. The second kappa shape index (κ2) is 21.0. The van der Waals surface area contributed by atoms with Gasteiger partial charge in [0.15, 0.2) is 5.78 Å². The molecule has 2 amide bonds. The number of rotatable bonds is 11. The number of hydrogen-bond donors (Lipinski definition) is 1. The summed E-state index contributed by atoms with van der Waals surface area (Å²) < 4.78 is 4.92. The standard InChI is InChI=1S/C14H24N2O4.C14H12O.C8H17N/c1-6-20-14(19)11(4)7-12(10(2)3)16(5)13(18)8-15-9-17;1-11-7-9-13(10-8-11)14(15)12-5-3-2-4-6-12;1-8(2)9-6-4-3-5-7-9/h7,9-10,12H,6,8H2,1-5H3,(H,15,17);2-10H,1H3;8H,3-7H2,1-2H3/b11-7+;;/t12-;;/m1../s1. The van der Waals surface area contributed by atoms with Crippen molar-refractivity contribution in [2.45, 2.75) is 79.8 Å². The molecule has 1 aliphatic rings. The first kappa shape index (κ1) is 38.2. The molecule has 1 aliphatic heterocycles. The Morgan fingerprint density at radius 1 is 0.932 bits per heavy atom. The van der Waals surface area contributed by atoms with E-state index in [1.165, 1.54) is 42.8 Å². The number of amides is 2. The van der Waals surface area contributed by atoms with Crippen LogP contribution in [0.3, 0.4) is 0 Å². The number of nitrogens with zero attached hydrogens (tertiary/aromatic N) is 2. The van der Waals surface area contributed by atoms with Crippen molar-refractivity contribution >= 4 is 24.1 Å². The molecule has 0 aliphatic carbocycles. The molecule has 0 radical (unpaired) electrons. The summed E-state index contributed by atoms with van der Waals surface area (Å²) in [6, 6.07) is 17.5. The molecule has 0 spiro atoms. The monoisotopic (exact) mass is 607 g/mol. The molecular weight excluding hydrogens is 554 g/mol. The van der Waals surface area contributed by atoms with Crippen LogP contribution in [0.5, 0.6) is 0 Å². The number of likely N-dealkylation sites (N-methyl/N-ethyl adjacent to an activating group) is 1. The number of esters is 1. The maximum atomic E-state index is 12.0. The van der Waals surface area contributed by atoms with Crippen molar-refractivity contribution in [3.63, 3.8) is 0 Å². The van der Waals surface area contributed by atoms with E-state index in [2.05, 4.69) is 24.1 Å². The molecule has 2 aromatic carbocycles. The SMILES string of the molecule is CC(C)N1CCCCC1.CCOC(=O)/C(C)=C/[C@H](C(C)C)N(C)C(=O)CNC=O.Cc1ccc(C(=O)c2ccccc2)cc1. The van der Waals surface area contributed by atoms with E-state index < -0.39 is 0 Å². The van der Waals surface area contributed by atoms with Crippen LogP contribution in [-0.4, -0.2) is 79.2 Å². The van der Waals surface area contributed by atoms with Crippen LogP contribution in [0.25, 0.3) is 0 Å². The van der Waals surface area contributed by atoms with Gasteiger partial charge in [-0.2, -0.15) is 0 Å². The van der Waals surface area contributed by atoms with Crippen LogP contribution >= 0.6 is 0 Å². The van der Waals surface area contributed by atoms with Crippen LogP contribution in [0.2, 0.25) is 0 Å². The van der Waals surface area contributed by atoms with E-state index in [1.54, 1.807) is 27.0 Å². The van der Waals surface area contributed by atoms with Crippen molar-refractivity contribution in [2.75, 3.05) is 33.3 Å². The first-order chi connectivity index (χ1) is 20.9. The highest BCUT2D eigenvalue weighted by Gasteiger charge is 2.22. The lowest BCUT2D eigenvalue weighted by Crippen LogP contribution is -2.43. The number of hydrogen-bond acceptors (Lipinski definition) is 6. The maximum absolute atomic E-state index is 12.0. The lowest BCUT2D eigenvalue weighted by molar-refractivity contribution is -0.138. The second-order valence-electron chi connectivity index (χ2n) is 11.6. The van der Waals surface area contributed by atoms with Gasteiger partial charge in [-0.3, -0.25) is 14.4 Å². The largest absolute Gasteiger partial charge is 0.463 e. The number of carbonyl (C=O) groups is 4. The molecule has 0 saturated carbocycles. The van der Waals surface area contributed by atoms with Gasteiger partial charge in [0.25, 0.3) is 0 Å². The lowest BCUT2D eigenvalue weighted by atomic mass is 10.00. The minimum absolute atomic E-state index is 0.0600. The van der Waals surface area contributed by atoms with Crippen LogP contribution in [0.15, 0.2) is 66.2 Å². The zero-order valence-corrected chi connectivity index (χ0v) is 28.0. The highest BCUT2D eigenvalue weighted by molar-refractivity contribution is 6.08. The van der Waals surface area contributed by atoms with Gasteiger partial charge in [0.1, 0.15) is 0 Å². The average Bonchev–Trinajstić information content (AvgIpc) is 3.03. The van der Waals surface area contributed by atoms with E-state index in [1.807, 2.05) is 75.4 Å². The third kappa shape index (κ3) is 14.1. The Kier molecular flexibility index (Phi) is 18.3. The number of benzene rings is 2. The second-order valence-corrected chi connectivity index (χ2v) is 11.6. The number of likely N-dealkylation sites (tertiary alicyclic amines) is 1. The Morgan fingerprint density at radius 2 is 1.50 bits per heavy atom. The molecule has 0 unspecified atom stereocenters. The minimum Gasteiger partial charge on any atom is -0.463 e. The van der Waals surface area contributed by atoms with E-state index in [0.29, 0.717) is 18.6 Å². The highest BCUT2D eigenvalue weighted by Crippen LogP contribution is 2.14. The number of ketones is 1. The third-order valence-electron chi connectivity index (χ3n) is 7.35. The number of ether oxygens (including phenoxy) is 1. The quantitative estimate of drug-likeness (QED) is 0.149. The van der Waals surface area contributed by atoms with Crippen molar-refractivity contribution in [3.05, 3.63) is 82.9 Å². The predicted octanol–water partition coefficient (Wildman–Crippen LogP) is 5.83. The van der Waals surface area contributed by atoms with Gasteiger partial charge in [-0.1, -0.05) is 86.5 Å². The molecule has 2 aromatic rings. The van der Waals surface area contributed by atoms with Gasteiger partial charge in [-0.05, 0) is 66.5 Å². The highest BCUT2D eigenvalue weighted by atomic mass is 16.5. The van der Waals surface area contributed by atoms with Crippen LogP contribution in [0.1, 0.15) is 82.3 Å². The maximum Gasteiger partial charge on any atom is 0.333 e. The molecule has 0 bridgehead atoms. The Morgan fingerprint density at radius 3 is 1.98 bits per heavy atom. The summed E-state index contributed by atoms with van der Waals surface area (Å²) in [6.07, 6.45) is 6.48. The lowest BCUT2D eigenvalue weighted by Gasteiger charge is -2.29. The number of nitrogens with one attached hydrogen (secondary N) is 1. The fraction of sp³-hybridized carbons (Fsp3) is 0.500. The van der Waals surface area contributed by atoms with Crippen molar-refractivity contribution in [3.8, 4) is 0 Å². The molecule has 44 heavy (non-hydrogen) atoms. The van der Waals surface area contributed by atoms with Crippen molar-refractivity contribution in [1.29, 1.82) is 0 Å². The molecule has 1 fully saturated rings. The molecule has 3 rings (SSSR count). The van der Waals surface area contributed by atoms with E-state index in [4.69, 9.17) is 4.74 Å². The van der Waals surface area contributed by atoms with Gasteiger partial charge in [0.05, 0.1) is 19.2 Å². The molecule has 242 valence electrons. The smallest absolute Gasteiger partial charge is 0.333 e. The predicted molar refractivity (Wildman–Crippen MR) is 177 cm³/mol. The zero-order chi connectivity index (χ0) is 33.1. The van der Waals surface area contributed by atoms with Crippen molar-refractivity contribution in [1.82, 2.24) is 15.1 Å². The zero-order valence-electron chi connectivity index (χ0n) is 28.0. The Hall–Kier alpha value is -3.78. The van der Waals surface area contributed by atoms with E-state index >= 15 is 0 Å². The molecule has 1 N–H and O–H groups in total. The first-order valence-electron chi connectivity index (χ1n) is 15.6. The summed E-state index contributed by atoms with van der Waals surface area (Å²) in [7, 11) is 1.65. The fourth-order valence-electron chi connectivity index (χ4n) is 4.64. The topological polar surface area (TPSA) is 96.0 Å². The van der Waals surface area contributed by atoms with Crippen LogP contribution in [0, 0.1) is 12.8 Å². The van der Waals surface area contributed by atoms with Crippen LogP contribution < -0.4 is 5.32 Å². The van der Waals surface area contributed by atoms with Crippen molar-refractivity contribution < 1.29 is 23.9 Å². The summed E-state index contributed by atoms with van der Waals surface area (Å²) in [5.41, 5.74) is 3.11. The van der Waals surface area contributed by atoms with Gasteiger partial charge >= 0.3 is 5.97 Å². The van der Waals surface area contributed by atoms with Gasteiger partial charge in [-0.15, -0.1) is 0 Å². The molecule has 1 saturated heterocycles. The average molecular weight is 608 g/mol. The molecule has 8 nitrogen and oxygen atoms in total. The summed E-state index contributed by atoms with van der Waals surface area (Å²) in [5, 5.41) is 2.34. The number of piperidine rings is 1. The van der Waals surface area contributed by atoms with Gasteiger partial charge in [0, 0.05) is 29.8 Å². The summed E-state index contributed by atoms with van der Waals surface area (Å²) >= 11 is 0. The van der Waals surface area contributed by atoms with E-state index in [-0.39, 0.29) is 36.2 Å². The summed E-state index contributed by atoms with van der Waals surface area (Å²) in [4.78, 5) is 49.8. The number of aryl methyl sites for hydroxylation is 1. The summed E-state index contributed by atoms with van der Waals surface area (Å²) in [5.74, 6) is -0.395. The first-order valence-corrected chi connectivity index (χ1v) is 15.6. The van der Waals surface area contributed by atoms with Gasteiger partial charge < -0.3 is 19.9 Å². The van der Waals surface area contributed by atoms with Crippen LogP contribution in [0.4, 0.5) is 0 Å². The van der Waals surface area contributed by atoms with Crippen LogP contribution in [-0.2, 0) is 19.1 Å². The Bertz CT molecular complexity index is 1170. The summed E-state index contributed by atoms with van der Waals surface area (Å²) in [6.45, 7) is 16.8. The fourth-order valence-corrected chi connectivity index (χ4v) is 4.64. The third-order valence-corrected chi connectivity index (χ3v) is 7.35. The number of carbonyl (C=O) groups excluding carboxylic acids is 4. The molecule has 0 aromatic heterocycles. The van der Waals surface area contributed by atoms with Crippen molar-refractivity contribution in [2.24, 2.45) is 5.92 Å². The Balaban J connectivity index is 0.000000352. The van der Waals surface area contributed by atoms with Gasteiger partial charge in [0.2, 0.25) is 12.3 Å². The molecule has 8 heteroatoms. The normalized spacial score (nSPS) is 13.9.